The van der Waals surface area contributed by atoms with Gasteiger partial charge in [-0.3, -0.25) is 9.69 Å². The summed E-state index contributed by atoms with van der Waals surface area (Å²) < 4.78 is 0. The summed E-state index contributed by atoms with van der Waals surface area (Å²) in [4.78, 5) is 13.8. The van der Waals surface area contributed by atoms with Crippen molar-refractivity contribution in [2.24, 2.45) is 5.92 Å². The Morgan fingerprint density at radius 1 is 1.44 bits per heavy atom. The number of carboxylic acid groups (broad SMARTS) is 1. The van der Waals surface area contributed by atoms with Gasteiger partial charge >= 0.3 is 5.97 Å². The third-order valence-corrected chi connectivity index (χ3v) is 5.27. The van der Waals surface area contributed by atoms with E-state index in [2.05, 4.69) is 11.8 Å². The lowest BCUT2D eigenvalue weighted by Gasteiger charge is -2.45. The molecule has 0 aromatic heterocycles. The first-order chi connectivity index (χ1) is 7.65. The van der Waals surface area contributed by atoms with Crippen LogP contribution in [0.5, 0.6) is 0 Å². The number of piperidine rings is 1. The van der Waals surface area contributed by atoms with Crippen LogP contribution in [-0.2, 0) is 4.79 Å². The van der Waals surface area contributed by atoms with Gasteiger partial charge in [-0.05, 0) is 50.4 Å². The average molecular weight is 243 g/mol. The summed E-state index contributed by atoms with van der Waals surface area (Å²) in [6.07, 6.45) is 4.19. The Balaban J connectivity index is 2.09. The molecule has 2 heterocycles. The second-order valence-corrected chi connectivity index (χ2v) is 6.27. The van der Waals surface area contributed by atoms with Gasteiger partial charge in [0.05, 0.1) is 0 Å². The number of hydrogen-bond donors (Lipinski definition) is 1. The van der Waals surface area contributed by atoms with Crippen LogP contribution in [0, 0.1) is 5.92 Å². The normalized spacial score (nSPS) is 33.8. The zero-order chi connectivity index (χ0) is 11.6. The second-order valence-electron chi connectivity index (χ2n) is 5.16. The van der Waals surface area contributed by atoms with Gasteiger partial charge in [-0.25, -0.2) is 0 Å². The lowest BCUT2D eigenvalue weighted by Crippen LogP contribution is -2.59. The van der Waals surface area contributed by atoms with E-state index in [1.54, 1.807) is 11.8 Å². The van der Waals surface area contributed by atoms with Crippen LogP contribution in [0.25, 0.3) is 0 Å². The van der Waals surface area contributed by atoms with Gasteiger partial charge in [-0.2, -0.15) is 11.8 Å². The van der Waals surface area contributed by atoms with Crippen LogP contribution in [0.3, 0.4) is 0 Å². The molecule has 3 nitrogen and oxygen atoms in total. The highest BCUT2D eigenvalue weighted by molar-refractivity contribution is 7.99. The molecule has 0 aromatic carbocycles. The molecule has 2 aliphatic heterocycles. The summed E-state index contributed by atoms with van der Waals surface area (Å²) in [5, 5.41) is 9.55. The van der Waals surface area contributed by atoms with Crippen LogP contribution in [0.15, 0.2) is 0 Å². The highest BCUT2D eigenvalue weighted by Crippen LogP contribution is 2.35. The number of nitrogens with zero attached hydrogens (tertiary/aromatic N) is 1. The Hall–Kier alpha value is -0.220. The van der Waals surface area contributed by atoms with Crippen LogP contribution < -0.4 is 0 Å². The van der Waals surface area contributed by atoms with Crippen molar-refractivity contribution in [3.8, 4) is 0 Å². The van der Waals surface area contributed by atoms with Crippen molar-refractivity contribution in [1.82, 2.24) is 4.90 Å². The van der Waals surface area contributed by atoms with E-state index in [4.69, 9.17) is 0 Å². The minimum absolute atomic E-state index is 0.553. The number of carboxylic acids is 1. The third-order valence-electron chi connectivity index (χ3n) is 4.01. The number of hydrogen-bond acceptors (Lipinski definition) is 3. The predicted molar refractivity (Wildman–Crippen MR) is 66.9 cm³/mol. The van der Waals surface area contributed by atoms with E-state index in [-0.39, 0.29) is 0 Å². The van der Waals surface area contributed by atoms with E-state index in [0.29, 0.717) is 0 Å². The molecule has 1 N–H and O–H groups in total. The van der Waals surface area contributed by atoms with Crippen molar-refractivity contribution in [2.75, 3.05) is 24.6 Å². The van der Waals surface area contributed by atoms with E-state index < -0.39 is 11.5 Å². The van der Waals surface area contributed by atoms with Crippen LogP contribution in [0.4, 0.5) is 0 Å². The van der Waals surface area contributed by atoms with Crippen molar-refractivity contribution < 1.29 is 9.90 Å². The van der Waals surface area contributed by atoms with E-state index >= 15 is 0 Å². The van der Waals surface area contributed by atoms with E-state index in [9.17, 15) is 9.90 Å². The molecule has 0 spiro atoms. The lowest BCUT2D eigenvalue weighted by atomic mass is 9.88. The molecule has 1 atom stereocenters. The lowest BCUT2D eigenvalue weighted by molar-refractivity contribution is -0.152. The van der Waals surface area contributed by atoms with Gasteiger partial charge in [0.25, 0.3) is 0 Å². The van der Waals surface area contributed by atoms with Gasteiger partial charge in [0.1, 0.15) is 5.54 Å². The molecule has 2 rings (SSSR count). The summed E-state index contributed by atoms with van der Waals surface area (Å²) in [5.74, 6) is 2.06. The molecule has 1 unspecified atom stereocenters. The van der Waals surface area contributed by atoms with Crippen molar-refractivity contribution in [3.63, 3.8) is 0 Å². The first-order valence-corrected chi connectivity index (χ1v) is 7.37. The van der Waals surface area contributed by atoms with E-state index in [0.717, 1.165) is 56.2 Å². The summed E-state index contributed by atoms with van der Waals surface area (Å²) in [6.45, 7) is 4.20. The zero-order valence-electron chi connectivity index (χ0n) is 9.95. The Bertz CT molecular complexity index is 256. The molecule has 4 heteroatoms. The number of aliphatic carboxylic acids is 1. The molecule has 92 valence electrons. The van der Waals surface area contributed by atoms with Crippen LogP contribution in [0.2, 0.25) is 0 Å². The monoisotopic (exact) mass is 243 g/mol. The molecule has 2 aliphatic rings. The number of thioether (sulfide) groups is 1. The van der Waals surface area contributed by atoms with Gasteiger partial charge in [0.15, 0.2) is 0 Å². The fourth-order valence-corrected chi connectivity index (χ4v) is 4.05. The maximum Gasteiger partial charge on any atom is 0.324 e. The molecule has 2 saturated heterocycles. The van der Waals surface area contributed by atoms with Crippen molar-refractivity contribution in [1.29, 1.82) is 0 Å². The molecule has 0 aliphatic carbocycles. The highest BCUT2D eigenvalue weighted by Gasteiger charge is 2.45. The Morgan fingerprint density at radius 3 is 2.62 bits per heavy atom. The molecule has 0 bridgehead atoms. The van der Waals surface area contributed by atoms with Crippen LogP contribution in [0.1, 0.15) is 32.6 Å². The minimum Gasteiger partial charge on any atom is -0.480 e. The Kier molecular flexibility index (Phi) is 3.80. The average Bonchev–Trinajstić information content (AvgIpc) is 2.30. The zero-order valence-corrected chi connectivity index (χ0v) is 10.8. The Labute approximate surface area is 102 Å². The van der Waals surface area contributed by atoms with Gasteiger partial charge in [0.2, 0.25) is 0 Å². The Morgan fingerprint density at radius 2 is 2.12 bits per heavy atom. The van der Waals surface area contributed by atoms with Crippen molar-refractivity contribution >= 4 is 17.7 Å². The SMILES string of the molecule is CC1CCN(C2(C(=O)O)CCCSC2)CC1. The second kappa shape index (κ2) is 4.96. The maximum absolute atomic E-state index is 11.6. The first-order valence-electron chi connectivity index (χ1n) is 6.21. The van der Waals surface area contributed by atoms with E-state index in [1.165, 1.54) is 0 Å². The first kappa shape index (κ1) is 12.2. The summed E-state index contributed by atoms with van der Waals surface area (Å²) in [5.41, 5.74) is -0.553. The maximum atomic E-state index is 11.6. The molecule has 0 saturated carbocycles. The fraction of sp³-hybridized carbons (Fsp3) is 0.917. The number of carbonyl (C=O) groups is 1. The quantitative estimate of drug-likeness (QED) is 0.806. The third kappa shape index (κ3) is 2.23. The predicted octanol–water partition coefficient (Wildman–Crippen LogP) is 2.07. The number of rotatable bonds is 2. The van der Waals surface area contributed by atoms with Crippen LogP contribution >= 0.6 is 11.8 Å². The summed E-state index contributed by atoms with van der Waals surface area (Å²) in [6, 6.07) is 0. The van der Waals surface area contributed by atoms with Gasteiger partial charge in [-0.15, -0.1) is 0 Å². The minimum atomic E-state index is -0.603. The van der Waals surface area contributed by atoms with Gasteiger partial charge < -0.3 is 5.11 Å². The van der Waals surface area contributed by atoms with Gasteiger partial charge in [0, 0.05) is 5.75 Å². The van der Waals surface area contributed by atoms with Crippen molar-refractivity contribution in [2.45, 2.75) is 38.1 Å². The summed E-state index contributed by atoms with van der Waals surface area (Å²) in [7, 11) is 0. The molecule has 0 amide bonds. The number of likely N-dealkylation sites (tertiary alicyclic amines) is 1. The molecule has 16 heavy (non-hydrogen) atoms. The molecular weight excluding hydrogens is 222 g/mol. The molecular formula is C12H21NO2S. The largest absolute Gasteiger partial charge is 0.480 e. The van der Waals surface area contributed by atoms with Crippen LogP contribution in [-0.4, -0.2) is 46.1 Å². The molecule has 0 radical (unpaired) electrons. The standard InChI is InChI=1S/C12H21NO2S/c1-10-3-6-13(7-4-10)12(11(14)15)5-2-8-16-9-12/h10H,2-9H2,1H3,(H,14,15). The highest BCUT2D eigenvalue weighted by atomic mass is 32.2. The molecule has 2 fully saturated rings. The smallest absolute Gasteiger partial charge is 0.324 e. The topological polar surface area (TPSA) is 40.5 Å². The molecule has 0 aromatic rings. The van der Waals surface area contributed by atoms with Gasteiger partial charge in [-0.1, -0.05) is 6.92 Å². The summed E-state index contributed by atoms with van der Waals surface area (Å²) >= 11 is 1.80. The van der Waals surface area contributed by atoms with E-state index in [1.807, 2.05) is 0 Å². The van der Waals surface area contributed by atoms with Crippen molar-refractivity contribution in [3.05, 3.63) is 0 Å². The fourth-order valence-electron chi connectivity index (χ4n) is 2.77.